The summed E-state index contributed by atoms with van der Waals surface area (Å²) in [5.41, 5.74) is 6.12. The second-order valence-corrected chi connectivity index (χ2v) is 10.4. The number of aromatic nitrogens is 3. The predicted octanol–water partition coefficient (Wildman–Crippen LogP) is 6.58. The highest BCUT2D eigenvalue weighted by Gasteiger charge is 2.40. The molecule has 2 atom stereocenters. The predicted molar refractivity (Wildman–Crippen MR) is 130 cm³/mol. The van der Waals surface area contributed by atoms with Crippen LogP contribution in [0.2, 0.25) is 10.0 Å². The molecule has 1 saturated carbocycles. The number of aryl methyl sites for hydroxylation is 1. The molecule has 0 radical (unpaired) electrons. The molecule has 5 rings (SSSR count). The van der Waals surface area contributed by atoms with Gasteiger partial charge in [0, 0.05) is 11.5 Å². The van der Waals surface area contributed by atoms with E-state index < -0.39 is 5.25 Å². The van der Waals surface area contributed by atoms with Crippen LogP contribution in [0, 0.1) is 6.92 Å². The highest BCUT2D eigenvalue weighted by Crippen LogP contribution is 2.43. The molecule has 32 heavy (non-hydrogen) atoms. The lowest BCUT2D eigenvalue weighted by molar-refractivity contribution is 0.0980. The van der Waals surface area contributed by atoms with Gasteiger partial charge >= 0.3 is 0 Å². The number of hydrogen-bond acceptors (Lipinski definition) is 5. The lowest BCUT2D eigenvalue weighted by atomic mass is 9.89. The summed E-state index contributed by atoms with van der Waals surface area (Å²) in [7, 11) is 0. The van der Waals surface area contributed by atoms with Crippen LogP contribution in [-0.2, 0) is 0 Å². The summed E-state index contributed by atoms with van der Waals surface area (Å²) in [6.07, 6.45) is 5.90. The van der Waals surface area contributed by atoms with Crippen LogP contribution >= 0.6 is 35.0 Å². The molecule has 8 heteroatoms. The molecule has 0 spiro atoms. The highest BCUT2D eigenvalue weighted by molar-refractivity contribution is 8.00. The minimum Gasteiger partial charge on any atom is -0.313 e. The maximum Gasteiger partial charge on any atom is 0.210 e. The number of benzene rings is 2. The minimum atomic E-state index is -0.454. The van der Waals surface area contributed by atoms with Crippen molar-refractivity contribution in [3.8, 4) is 0 Å². The third-order valence-electron chi connectivity index (χ3n) is 6.34. The van der Waals surface area contributed by atoms with E-state index in [0.717, 1.165) is 29.8 Å². The number of thioether (sulfide) groups is 1. The van der Waals surface area contributed by atoms with Crippen LogP contribution in [0.5, 0.6) is 0 Å². The SMILES string of the molecule is Cc1ccc(C(=O)[C@@H]2Sc3nnc(C4CCCCC4)n3N[C@@H]2c2cccc(Cl)c2Cl)cc1. The molecule has 2 aromatic carbocycles. The topological polar surface area (TPSA) is 59.8 Å². The Hall–Kier alpha value is -2.02. The van der Waals surface area contributed by atoms with Crippen molar-refractivity contribution in [3.05, 3.63) is 75.0 Å². The summed E-state index contributed by atoms with van der Waals surface area (Å²) < 4.78 is 1.97. The molecule has 1 fully saturated rings. The first-order valence-electron chi connectivity index (χ1n) is 11.0. The zero-order chi connectivity index (χ0) is 22.2. The van der Waals surface area contributed by atoms with E-state index in [4.69, 9.17) is 23.2 Å². The van der Waals surface area contributed by atoms with E-state index in [-0.39, 0.29) is 11.8 Å². The van der Waals surface area contributed by atoms with Crippen LogP contribution in [0.25, 0.3) is 0 Å². The van der Waals surface area contributed by atoms with E-state index in [1.54, 1.807) is 6.07 Å². The molecule has 1 N–H and O–H groups in total. The zero-order valence-electron chi connectivity index (χ0n) is 17.7. The maximum absolute atomic E-state index is 13.6. The molecule has 1 aliphatic carbocycles. The van der Waals surface area contributed by atoms with Gasteiger partial charge in [0.25, 0.3) is 0 Å². The average Bonchev–Trinajstić information content (AvgIpc) is 3.24. The Morgan fingerprint density at radius 1 is 1.06 bits per heavy atom. The molecule has 0 unspecified atom stereocenters. The summed E-state index contributed by atoms with van der Waals surface area (Å²) in [5, 5.41) is 10.2. The average molecular weight is 487 g/mol. The van der Waals surface area contributed by atoms with Crippen LogP contribution in [-0.4, -0.2) is 25.9 Å². The summed E-state index contributed by atoms with van der Waals surface area (Å²) in [5.74, 6) is 1.34. The smallest absolute Gasteiger partial charge is 0.210 e. The Balaban J connectivity index is 1.56. The van der Waals surface area contributed by atoms with E-state index in [0.29, 0.717) is 26.7 Å². The molecule has 0 saturated heterocycles. The van der Waals surface area contributed by atoms with Crippen molar-refractivity contribution in [1.29, 1.82) is 0 Å². The largest absolute Gasteiger partial charge is 0.313 e. The summed E-state index contributed by atoms with van der Waals surface area (Å²) in [6.45, 7) is 2.01. The molecule has 5 nitrogen and oxygen atoms in total. The van der Waals surface area contributed by atoms with Gasteiger partial charge in [-0.2, -0.15) is 0 Å². The van der Waals surface area contributed by atoms with Crippen molar-refractivity contribution in [2.45, 2.75) is 61.4 Å². The van der Waals surface area contributed by atoms with Crippen molar-refractivity contribution in [1.82, 2.24) is 14.9 Å². The number of fused-ring (bicyclic) bond motifs is 1. The number of nitrogens with zero attached hydrogens (tertiary/aromatic N) is 3. The van der Waals surface area contributed by atoms with Crippen LogP contribution in [0.3, 0.4) is 0 Å². The first-order chi connectivity index (χ1) is 15.5. The molecule has 2 aliphatic rings. The number of halogens is 2. The standard InChI is InChI=1S/C24H24Cl2N4OS/c1-14-10-12-15(13-11-14)21(31)22-20(17-8-5-9-18(25)19(17)26)29-30-23(27-28-24(30)32-22)16-6-3-2-4-7-16/h5,8-13,16,20,22,29H,2-4,6-7H2,1H3/t20-,22-/m1/s1. The van der Waals surface area contributed by atoms with Gasteiger partial charge in [0.1, 0.15) is 5.25 Å². The molecular formula is C24H24Cl2N4OS. The molecule has 0 amide bonds. The number of carbonyl (C=O) groups is 1. The van der Waals surface area contributed by atoms with E-state index in [1.807, 2.05) is 48.0 Å². The number of carbonyl (C=O) groups excluding carboxylic acids is 1. The van der Waals surface area contributed by atoms with Crippen LogP contribution < -0.4 is 5.43 Å². The highest BCUT2D eigenvalue weighted by atomic mass is 35.5. The minimum absolute atomic E-state index is 0.0250. The van der Waals surface area contributed by atoms with Crippen molar-refractivity contribution < 1.29 is 4.79 Å². The van der Waals surface area contributed by atoms with Crippen molar-refractivity contribution in [3.63, 3.8) is 0 Å². The van der Waals surface area contributed by atoms with E-state index >= 15 is 0 Å². The summed E-state index contributed by atoms with van der Waals surface area (Å²) in [6, 6.07) is 12.9. The Kier molecular flexibility index (Phi) is 6.19. The van der Waals surface area contributed by atoms with Crippen molar-refractivity contribution >= 4 is 40.7 Å². The Morgan fingerprint density at radius 2 is 1.81 bits per heavy atom. The van der Waals surface area contributed by atoms with Gasteiger partial charge < -0.3 is 5.43 Å². The Labute approximate surface area is 201 Å². The van der Waals surface area contributed by atoms with Gasteiger partial charge in [-0.15, -0.1) is 10.2 Å². The number of hydrogen-bond donors (Lipinski definition) is 1. The van der Waals surface area contributed by atoms with Crippen molar-refractivity contribution in [2.75, 3.05) is 5.43 Å². The fourth-order valence-electron chi connectivity index (χ4n) is 4.57. The van der Waals surface area contributed by atoms with Gasteiger partial charge in [0.15, 0.2) is 11.6 Å². The van der Waals surface area contributed by atoms with Crippen LogP contribution in [0.4, 0.5) is 0 Å². The van der Waals surface area contributed by atoms with Gasteiger partial charge in [-0.05, 0) is 31.4 Å². The van der Waals surface area contributed by atoms with Gasteiger partial charge in [-0.3, -0.25) is 4.79 Å². The van der Waals surface area contributed by atoms with E-state index in [1.165, 1.54) is 31.0 Å². The molecule has 0 bridgehead atoms. The lowest BCUT2D eigenvalue weighted by Gasteiger charge is -2.34. The van der Waals surface area contributed by atoms with E-state index in [2.05, 4.69) is 15.6 Å². The monoisotopic (exact) mass is 486 g/mol. The second kappa shape index (κ2) is 9.08. The van der Waals surface area contributed by atoms with Gasteiger partial charge in [0.2, 0.25) is 5.16 Å². The summed E-state index contributed by atoms with van der Waals surface area (Å²) >= 11 is 14.4. The number of nitrogens with one attached hydrogen (secondary N) is 1. The first kappa shape index (κ1) is 21.8. The fourth-order valence-corrected chi connectivity index (χ4v) is 6.15. The third-order valence-corrected chi connectivity index (χ3v) is 8.39. The maximum atomic E-state index is 13.6. The lowest BCUT2D eigenvalue weighted by Crippen LogP contribution is -2.40. The first-order valence-corrected chi connectivity index (χ1v) is 12.6. The number of rotatable bonds is 4. The molecule has 2 heterocycles. The van der Waals surface area contributed by atoms with Crippen LogP contribution in [0.15, 0.2) is 47.6 Å². The van der Waals surface area contributed by atoms with E-state index in [9.17, 15) is 4.79 Å². The van der Waals surface area contributed by atoms with Gasteiger partial charge in [-0.25, -0.2) is 4.68 Å². The Bertz CT molecular complexity index is 1140. The normalized spacial score (nSPS) is 21.1. The summed E-state index contributed by atoms with van der Waals surface area (Å²) in [4.78, 5) is 13.6. The third kappa shape index (κ3) is 4.04. The van der Waals surface area contributed by atoms with Crippen molar-refractivity contribution in [2.24, 2.45) is 0 Å². The van der Waals surface area contributed by atoms with Gasteiger partial charge in [0.05, 0.1) is 16.1 Å². The quantitative estimate of drug-likeness (QED) is 0.421. The molecule has 1 aromatic heterocycles. The molecule has 1 aliphatic heterocycles. The van der Waals surface area contributed by atoms with Crippen LogP contribution in [0.1, 0.15) is 71.4 Å². The number of Topliss-reactive ketones (excluding diaryl/α,β-unsaturated/α-hetero) is 1. The molecule has 166 valence electrons. The van der Waals surface area contributed by atoms with Gasteiger partial charge in [-0.1, -0.05) is 96.2 Å². The molecular weight excluding hydrogens is 463 g/mol. The second-order valence-electron chi connectivity index (χ2n) is 8.53. The number of ketones is 1. The fraction of sp³-hybridized carbons (Fsp3) is 0.375. The zero-order valence-corrected chi connectivity index (χ0v) is 20.1. The molecule has 3 aromatic rings. The Morgan fingerprint density at radius 3 is 2.56 bits per heavy atom.